The van der Waals surface area contributed by atoms with Gasteiger partial charge < -0.3 is 15.0 Å². The molecule has 3 aromatic rings. The van der Waals surface area contributed by atoms with Crippen molar-refractivity contribution in [2.75, 3.05) is 6.54 Å². The largest absolute Gasteiger partial charge is 0.508 e. The van der Waals surface area contributed by atoms with E-state index in [9.17, 15) is 9.90 Å². The summed E-state index contributed by atoms with van der Waals surface area (Å²) in [5.41, 5.74) is 4.95. The number of fused-ring (bicyclic) bond motifs is 5. The first-order valence-corrected chi connectivity index (χ1v) is 9.54. The van der Waals surface area contributed by atoms with Crippen LogP contribution in [0, 0.1) is 5.92 Å². The zero-order chi connectivity index (χ0) is 18.8. The number of rotatable bonds is 1. The number of hydrogen-bond acceptors (Lipinski definition) is 3. The first-order chi connectivity index (χ1) is 13.0. The molecule has 1 saturated heterocycles. The van der Waals surface area contributed by atoms with Gasteiger partial charge >= 0.3 is 0 Å². The van der Waals surface area contributed by atoms with Gasteiger partial charge in [0.1, 0.15) is 5.75 Å². The smallest absolute Gasteiger partial charge is 0.254 e. The lowest BCUT2D eigenvalue weighted by Crippen LogP contribution is -2.59. The number of hydrogen-bond donors (Lipinski definition) is 2. The second-order valence-electron chi connectivity index (χ2n) is 8.20. The van der Waals surface area contributed by atoms with Crippen molar-refractivity contribution in [3.63, 3.8) is 0 Å². The summed E-state index contributed by atoms with van der Waals surface area (Å²) in [6.07, 6.45) is 3.39. The molecule has 5 nitrogen and oxygen atoms in total. The number of nitrogens with zero attached hydrogens (tertiary/aromatic N) is 2. The third-order valence-corrected chi connectivity index (χ3v) is 6.92. The van der Waals surface area contributed by atoms with E-state index >= 15 is 0 Å². The molecule has 2 bridgehead atoms. The number of aromatic nitrogens is 2. The fourth-order valence-electron chi connectivity index (χ4n) is 5.09. The van der Waals surface area contributed by atoms with Crippen molar-refractivity contribution in [2.45, 2.75) is 38.1 Å². The molecule has 1 amide bonds. The van der Waals surface area contributed by atoms with Crippen molar-refractivity contribution >= 4 is 16.9 Å². The molecule has 5 rings (SSSR count). The standard InChI is InChI=1S/C22H23N3O2/c1-13-20-10-14-3-5-16(26)11-17(14)22(13,2)7-8-25(20)21(27)15-4-6-18-19(9-15)24-12-23-18/h3-6,9,11-13,20,26H,7-8,10H2,1-2H3,(H,23,24). The van der Waals surface area contributed by atoms with Crippen LogP contribution in [0.3, 0.4) is 0 Å². The molecular formula is C22H23N3O2. The van der Waals surface area contributed by atoms with E-state index in [1.165, 1.54) is 11.1 Å². The van der Waals surface area contributed by atoms with E-state index in [4.69, 9.17) is 0 Å². The van der Waals surface area contributed by atoms with Crippen LogP contribution in [0.15, 0.2) is 42.7 Å². The predicted molar refractivity (Wildman–Crippen MR) is 104 cm³/mol. The Hall–Kier alpha value is -2.82. The summed E-state index contributed by atoms with van der Waals surface area (Å²) in [4.78, 5) is 22.7. The minimum absolute atomic E-state index is 0.0128. The lowest BCUT2D eigenvalue weighted by molar-refractivity contribution is 0.0250. The average molecular weight is 361 g/mol. The van der Waals surface area contributed by atoms with Gasteiger partial charge in [-0.05, 0) is 65.6 Å². The van der Waals surface area contributed by atoms with Gasteiger partial charge in [0.15, 0.2) is 0 Å². The van der Waals surface area contributed by atoms with Crippen LogP contribution in [0.25, 0.3) is 11.0 Å². The number of imidazole rings is 1. The van der Waals surface area contributed by atoms with E-state index in [0.717, 1.165) is 30.4 Å². The van der Waals surface area contributed by atoms with Gasteiger partial charge in [-0.25, -0.2) is 4.98 Å². The third kappa shape index (κ3) is 2.30. The number of amides is 1. The number of phenolic OH excluding ortho intramolecular Hbond substituents is 1. The van der Waals surface area contributed by atoms with E-state index in [2.05, 4.69) is 28.7 Å². The van der Waals surface area contributed by atoms with Crippen molar-refractivity contribution < 1.29 is 9.90 Å². The fourth-order valence-corrected chi connectivity index (χ4v) is 5.09. The highest BCUT2D eigenvalue weighted by Crippen LogP contribution is 2.49. The number of piperidine rings is 1. The second kappa shape index (κ2) is 5.59. The summed E-state index contributed by atoms with van der Waals surface area (Å²) in [6.45, 7) is 5.26. The number of phenols is 1. The molecule has 3 atom stereocenters. The van der Waals surface area contributed by atoms with Crippen molar-refractivity contribution in [1.29, 1.82) is 0 Å². The number of nitrogens with one attached hydrogen (secondary N) is 1. The van der Waals surface area contributed by atoms with Gasteiger partial charge in [0.25, 0.3) is 5.91 Å². The van der Waals surface area contributed by atoms with E-state index in [1.54, 1.807) is 12.4 Å². The quantitative estimate of drug-likeness (QED) is 0.695. The van der Waals surface area contributed by atoms with Gasteiger partial charge in [-0.15, -0.1) is 0 Å². The topological polar surface area (TPSA) is 69.2 Å². The number of H-pyrrole nitrogens is 1. The molecule has 1 aliphatic heterocycles. The molecule has 1 fully saturated rings. The second-order valence-corrected chi connectivity index (χ2v) is 8.20. The van der Waals surface area contributed by atoms with Gasteiger partial charge in [0.05, 0.1) is 17.4 Å². The molecule has 1 aromatic heterocycles. The van der Waals surface area contributed by atoms with Crippen LogP contribution in [0.4, 0.5) is 0 Å². The Balaban J connectivity index is 1.52. The maximum absolute atomic E-state index is 13.3. The Labute approximate surface area is 158 Å². The molecule has 2 N–H and O–H groups in total. The van der Waals surface area contributed by atoms with Gasteiger partial charge in [-0.1, -0.05) is 19.9 Å². The first-order valence-electron chi connectivity index (χ1n) is 9.54. The summed E-state index contributed by atoms with van der Waals surface area (Å²) in [7, 11) is 0. The van der Waals surface area contributed by atoms with Gasteiger partial charge in [-0.2, -0.15) is 0 Å². The molecule has 2 heterocycles. The summed E-state index contributed by atoms with van der Waals surface area (Å²) in [5, 5.41) is 9.97. The molecular weight excluding hydrogens is 338 g/mol. The Kier molecular flexibility index (Phi) is 3.39. The molecule has 0 spiro atoms. The van der Waals surface area contributed by atoms with Crippen LogP contribution < -0.4 is 0 Å². The number of carbonyl (C=O) groups excluding carboxylic acids is 1. The molecule has 1 aliphatic carbocycles. The van der Waals surface area contributed by atoms with Crippen molar-refractivity contribution in [2.24, 2.45) is 5.92 Å². The molecule has 3 unspecified atom stereocenters. The van der Waals surface area contributed by atoms with Crippen LogP contribution >= 0.6 is 0 Å². The van der Waals surface area contributed by atoms with Crippen LogP contribution in [0.1, 0.15) is 41.8 Å². The minimum atomic E-state index is -0.0128. The van der Waals surface area contributed by atoms with Crippen LogP contribution in [0.2, 0.25) is 0 Å². The zero-order valence-corrected chi connectivity index (χ0v) is 15.6. The monoisotopic (exact) mass is 361 g/mol. The Morgan fingerprint density at radius 3 is 3.00 bits per heavy atom. The molecule has 0 radical (unpaired) electrons. The van der Waals surface area contributed by atoms with Crippen LogP contribution in [-0.2, 0) is 11.8 Å². The van der Waals surface area contributed by atoms with E-state index in [0.29, 0.717) is 17.2 Å². The predicted octanol–water partition coefficient (Wildman–Crippen LogP) is 3.63. The molecule has 27 heavy (non-hydrogen) atoms. The third-order valence-electron chi connectivity index (χ3n) is 6.92. The highest BCUT2D eigenvalue weighted by molar-refractivity contribution is 5.97. The lowest BCUT2D eigenvalue weighted by atomic mass is 9.59. The number of aromatic hydroxyl groups is 1. The molecule has 2 aromatic carbocycles. The van der Waals surface area contributed by atoms with E-state index < -0.39 is 0 Å². The lowest BCUT2D eigenvalue weighted by Gasteiger charge is -2.54. The van der Waals surface area contributed by atoms with Gasteiger partial charge in [0, 0.05) is 18.2 Å². The van der Waals surface area contributed by atoms with Crippen LogP contribution in [0.5, 0.6) is 5.75 Å². The average Bonchev–Trinajstić information content (AvgIpc) is 3.13. The first kappa shape index (κ1) is 16.4. The van der Waals surface area contributed by atoms with E-state index in [-0.39, 0.29) is 17.4 Å². The Morgan fingerprint density at radius 1 is 1.30 bits per heavy atom. The highest BCUT2D eigenvalue weighted by atomic mass is 16.3. The van der Waals surface area contributed by atoms with Crippen LogP contribution in [-0.4, -0.2) is 38.5 Å². The maximum atomic E-state index is 13.3. The maximum Gasteiger partial charge on any atom is 0.254 e. The summed E-state index contributed by atoms with van der Waals surface area (Å²) in [5.74, 6) is 0.750. The Morgan fingerprint density at radius 2 is 2.15 bits per heavy atom. The minimum Gasteiger partial charge on any atom is -0.508 e. The van der Waals surface area contributed by atoms with E-state index in [1.807, 2.05) is 30.3 Å². The Bertz CT molecular complexity index is 1060. The summed E-state index contributed by atoms with van der Waals surface area (Å²) in [6, 6.07) is 11.5. The molecule has 5 heteroatoms. The zero-order valence-electron chi connectivity index (χ0n) is 15.6. The molecule has 2 aliphatic rings. The van der Waals surface area contributed by atoms with Gasteiger partial charge in [0.2, 0.25) is 0 Å². The number of aromatic amines is 1. The van der Waals surface area contributed by atoms with Crippen molar-refractivity contribution in [3.8, 4) is 5.75 Å². The highest BCUT2D eigenvalue weighted by Gasteiger charge is 2.49. The van der Waals surface area contributed by atoms with Crippen molar-refractivity contribution in [3.05, 3.63) is 59.4 Å². The SMILES string of the molecule is CC1C2Cc3ccc(O)cc3C1(C)CCN2C(=O)c1ccc2nc[nH]c2c1. The van der Waals surface area contributed by atoms with Crippen molar-refractivity contribution in [1.82, 2.24) is 14.9 Å². The molecule has 0 saturated carbocycles. The number of benzene rings is 2. The summed E-state index contributed by atoms with van der Waals surface area (Å²) >= 11 is 0. The summed E-state index contributed by atoms with van der Waals surface area (Å²) < 4.78 is 0. The van der Waals surface area contributed by atoms with Gasteiger partial charge in [-0.3, -0.25) is 4.79 Å². The normalized spacial score (nSPS) is 26.8. The fraction of sp³-hybridized carbons (Fsp3) is 0.364. The number of carbonyl (C=O) groups is 1. The number of likely N-dealkylation sites (tertiary alicyclic amines) is 1. The molecule has 138 valence electrons.